The maximum absolute atomic E-state index is 3.96. The molecule has 0 saturated carbocycles. The zero-order valence-electron chi connectivity index (χ0n) is 9.82. The molecule has 0 aromatic carbocycles. The molecule has 15 heavy (non-hydrogen) atoms. The lowest BCUT2D eigenvalue weighted by Crippen LogP contribution is -2.38. The lowest BCUT2D eigenvalue weighted by molar-refractivity contribution is 0.396. The highest BCUT2D eigenvalue weighted by atomic mass is 32.2. The van der Waals surface area contributed by atoms with Crippen molar-refractivity contribution in [3.63, 3.8) is 0 Å². The van der Waals surface area contributed by atoms with E-state index in [1.54, 1.807) is 11.8 Å². The van der Waals surface area contributed by atoms with Crippen molar-refractivity contribution in [1.29, 1.82) is 0 Å². The van der Waals surface area contributed by atoms with Crippen LogP contribution in [0, 0.1) is 0 Å². The Morgan fingerprint density at radius 3 is 2.73 bits per heavy atom. The summed E-state index contributed by atoms with van der Waals surface area (Å²) in [5.41, 5.74) is 0.145. The van der Waals surface area contributed by atoms with Crippen molar-refractivity contribution in [3.8, 4) is 0 Å². The molecule has 0 atom stereocenters. The van der Waals surface area contributed by atoms with Crippen LogP contribution >= 0.6 is 11.8 Å². The summed E-state index contributed by atoms with van der Waals surface area (Å²) in [5, 5.41) is 15.9. The number of thioether (sulfide) groups is 1. The van der Waals surface area contributed by atoms with Crippen molar-refractivity contribution in [3.05, 3.63) is 0 Å². The van der Waals surface area contributed by atoms with E-state index in [0.29, 0.717) is 0 Å². The Morgan fingerprint density at radius 2 is 2.13 bits per heavy atom. The zero-order valence-corrected chi connectivity index (χ0v) is 10.6. The maximum Gasteiger partial charge on any atom is 0.209 e. The highest BCUT2D eigenvalue weighted by Gasteiger charge is 2.09. The molecule has 0 aliphatic rings. The molecular weight excluding hydrogens is 210 g/mol. The molecule has 1 rings (SSSR count). The van der Waals surface area contributed by atoms with Crippen molar-refractivity contribution in [2.24, 2.45) is 0 Å². The Balaban J connectivity index is 2.40. The third kappa shape index (κ3) is 4.61. The number of nitrogens with one attached hydrogen (secondary N) is 1. The maximum atomic E-state index is 3.96. The Hall–Kier alpha value is -0.620. The van der Waals surface area contributed by atoms with Crippen molar-refractivity contribution in [1.82, 2.24) is 25.5 Å². The summed E-state index contributed by atoms with van der Waals surface area (Å²) < 4.78 is 1.84. The van der Waals surface area contributed by atoms with Crippen molar-refractivity contribution >= 4 is 11.8 Å². The minimum atomic E-state index is 0.145. The second-order valence-corrected chi connectivity index (χ2v) is 5.53. The van der Waals surface area contributed by atoms with E-state index in [2.05, 4.69) is 48.5 Å². The van der Waals surface area contributed by atoms with Gasteiger partial charge in [-0.25, -0.2) is 4.68 Å². The molecule has 0 bridgehead atoms. The number of aromatic nitrogens is 4. The molecule has 6 heteroatoms. The summed E-state index contributed by atoms with van der Waals surface area (Å²) in [6.07, 6.45) is 0. The molecule has 1 heterocycles. The fourth-order valence-electron chi connectivity index (χ4n) is 1.11. The Kier molecular flexibility index (Phi) is 4.53. The van der Waals surface area contributed by atoms with Crippen LogP contribution in [0.25, 0.3) is 0 Å². The van der Waals surface area contributed by atoms with E-state index in [4.69, 9.17) is 0 Å². The standard InChI is InChI=1S/C9H19N5S/c1-5-15-8-11-12-13-14(8)7-6-10-9(2,3)4/h10H,5-7H2,1-4H3. The molecule has 0 aliphatic heterocycles. The van der Waals surface area contributed by atoms with Gasteiger partial charge in [0.25, 0.3) is 0 Å². The van der Waals surface area contributed by atoms with Crippen LogP contribution in [0.5, 0.6) is 0 Å². The van der Waals surface area contributed by atoms with Crippen LogP contribution in [-0.4, -0.2) is 38.0 Å². The Morgan fingerprint density at radius 1 is 1.40 bits per heavy atom. The van der Waals surface area contributed by atoms with Gasteiger partial charge in [-0.3, -0.25) is 0 Å². The molecule has 0 saturated heterocycles. The van der Waals surface area contributed by atoms with Gasteiger partial charge >= 0.3 is 0 Å². The number of hydrogen-bond donors (Lipinski definition) is 1. The lowest BCUT2D eigenvalue weighted by atomic mass is 10.1. The molecule has 86 valence electrons. The van der Waals surface area contributed by atoms with Crippen molar-refractivity contribution in [2.45, 2.75) is 44.9 Å². The predicted molar refractivity (Wildman–Crippen MR) is 62.0 cm³/mol. The highest BCUT2D eigenvalue weighted by molar-refractivity contribution is 7.99. The molecule has 1 N–H and O–H groups in total. The van der Waals surface area contributed by atoms with E-state index in [0.717, 1.165) is 24.0 Å². The molecule has 0 aliphatic carbocycles. The number of hydrogen-bond acceptors (Lipinski definition) is 5. The molecule has 5 nitrogen and oxygen atoms in total. The van der Waals surface area contributed by atoms with Gasteiger partial charge in [-0.05, 0) is 37.0 Å². The average Bonchev–Trinajstić information content (AvgIpc) is 2.51. The van der Waals surface area contributed by atoms with Crippen molar-refractivity contribution < 1.29 is 0 Å². The molecule has 0 unspecified atom stereocenters. The first-order valence-corrected chi connectivity index (χ1v) is 6.15. The molecule has 0 amide bonds. The van der Waals surface area contributed by atoms with E-state index in [1.807, 2.05) is 4.68 Å². The van der Waals surface area contributed by atoms with Crippen molar-refractivity contribution in [2.75, 3.05) is 12.3 Å². The monoisotopic (exact) mass is 229 g/mol. The van der Waals surface area contributed by atoms with Crippen LogP contribution in [0.15, 0.2) is 5.16 Å². The quantitative estimate of drug-likeness (QED) is 0.768. The van der Waals surface area contributed by atoms with Gasteiger partial charge in [0.1, 0.15) is 0 Å². The smallest absolute Gasteiger partial charge is 0.209 e. The summed E-state index contributed by atoms with van der Waals surface area (Å²) in [4.78, 5) is 0. The topological polar surface area (TPSA) is 55.6 Å². The summed E-state index contributed by atoms with van der Waals surface area (Å²) in [6, 6.07) is 0. The molecule has 1 aromatic rings. The Labute approximate surface area is 95.0 Å². The first kappa shape index (κ1) is 12.4. The van der Waals surface area contributed by atoms with Gasteiger partial charge < -0.3 is 5.32 Å². The predicted octanol–water partition coefficient (Wildman–Crippen LogP) is 1.17. The fourth-order valence-corrected chi connectivity index (χ4v) is 1.74. The van der Waals surface area contributed by atoms with Gasteiger partial charge in [0.15, 0.2) is 0 Å². The van der Waals surface area contributed by atoms with E-state index in [1.165, 1.54) is 0 Å². The number of tetrazole rings is 1. The second-order valence-electron chi connectivity index (χ2n) is 4.29. The van der Waals surface area contributed by atoms with Gasteiger partial charge in [-0.1, -0.05) is 18.7 Å². The second kappa shape index (κ2) is 5.46. The van der Waals surface area contributed by atoms with Crippen LogP contribution in [0.4, 0.5) is 0 Å². The molecule has 0 radical (unpaired) electrons. The number of nitrogens with zero attached hydrogens (tertiary/aromatic N) is 4. The lowest BCUT2D eigenvalue weighted by Gasteiger charge is -2.20. The first-order valence-electron chi connectivity index (χ1n) is 5.17. The fraction of sp³-hybridized carbons (Fsp3) is 0.889. The van der Waals surface area contributed by atoms with E-state index in [9.17, 15) is 0 Å². The first-order chi connectivity index (χ1) is 7.03. The highest BCUT2D eigenvalue weighted by Crippen LogP contribution is 2.11. The van der Waals surface area contributed by atoms with Gasteiger partial charge in [0.05, 0.1) is 6.54 Å². The van der Waals surface area contributed by atoms with Gasteiger partial charge in [0, 0.05) is 12.1 Å². The summed E-state index contributed by atoms with van der Waals surface area (Å²) in [7, 11) is 0. The summed E-state index contributed by atoms with van der Waals surface area (Å²) in [5.74, 6) is 0.993. The third-order valence-electron chi connectivity index (χ3n) is 1.75. The van der Waals surface area contributed by atoms with Gasteiger partial charge in [-0.2, -0.15) is 0 Å². The SMILES string of the molecule is CCSc1nnnn1CCNC(C)(C)C. The largest absolute Gasteiger partial charge is 0.310 e. The minimum Gasteiger partial charge on any atom is -0.310 e. The Bertz CT molecular complexity index is 291. The summed E-state index contributed by atoms with van der Waals surface area (Å²) in [6.45, 7) is 10.2. The van der Waals surface area contributed by atoms with E-state index in [-0.39, 0.29) is 5.54 Å². The van der Waals surface area contributed by atoms with Gasteiger partial charge in [0.2, 0.25) is 5.16 Å². The minimum absolute atomic E-state index is 0.145. The summed E-state index contributed by atoms with van der Waals surface area (Å²) >= 11 is 1.67. The molecular formula is C9H19N5S. The molecule has 0 spiro atoms. The third-order valence-corrected chi connectivity index (χ3v) is 2.59. The van der Waals surface area contributed by atoms with Crippen LogP contribution in [-0.2, 0) is 6.54 Å². The van der Waals surface area contributed by atoms with Crippen LogP contribution in [0.2, 0.25) is 0 Å². The average molecular weight is 229 g/mol. The van der Waals surface area contributed by atoms with E-state index >= 15 is 0 Å². The van der Waals surface area contributed by atoms with Gasteiger partial charge in [-0.15, -0.1) is 5.10 Å². The van der Waals surface area contributed by atoms with Crippen LogP contribution in [0.3, 0.4) is 0 Å². The van der Waals surface area contributed by atoms with Crippen LogP contribution < -0.4 is 5.32 Å². The van der Waals surface area contributed by atoms with Crippen LogP contribution in [0.1, 0.15) is 27.7 Å². The number of rotatable bonds is 5. The molecule has 0 fully saturated rings. The van der Waals surface area contributed by atoms with E-state index < -0.39 is 0 Å². The normalized spacial score (nSPS) is 12.0. The molecule has 1 aromatic heterocycles. The zero-order chi connectivity index (χ0) is 11.3.